The molecule has 1 amide bonds. The molecule has 106 valence electrons. The predicted molar refractivity (Wildman–Crippen MR) is 85.0 cm³/mol. The lowest BCUT2D eigenvalue weighted by molar-refractivity contribution is -0.121. The first-order valence-electron chi connectivity index (χ1n) is 6.69. The third-order valence-electron chi connectivity index (χ3n) is 2.77. The fourth-order valence-electron chi connectivity index (χ4n) is 1.89. The van der Waals surface area contributed by atoms with Crippen molar-refractivity contribution in [3.8, 4) is 0 Å². The Balaban J connectivity index is 2.18. The van der Waals surface area contributed by atoms with Crippen LogP contribution in [0.1, 0.15) is 27.7 Å². The van der Waals surface area contributed by atoms with Crippen LogP contribution in [0.2, 0.25) is 0 Å². The maximum absolute atomic E-state index is 12.1. The number of nitrogens with zero attached hydrogens (tertiary/aromatic N) is 1. The van der Waals surface area contributed by atoms with E-state index in [-0.39, 0.29) is 16.7 Å². The van der Waals surface area contributed by atoms with Gasteiger partial charge in [-0.05, 0) is 39.8 Å². The van der Waals surface area contributed by atoms with Crippen molar-refractivity contribution < 1.29 is 4.79 Å². The Morgan fingerprint density at radius 3 is 2.65 bits per heavy atom. The van der Waals surface area contributed by atoms with E-state index >= 15 is 0 Å². The predicted octanol–water partition coefficient (Wildman–Crippen LogP) is 3.63. The number of hydrogen-bond donors (Lipinski definition) is 1. The number of amides is 1. The molecule has 2 rings (SSSR count). The standard InChI is InChI=1S/C16H20N2OS/c1-11(15(19)18-16(2,3)4)20-13-9-5-7-12-8-6-10-17-14(12)13/h5-11H,1-4H3,(H,18,19)/t11-/m0/s1. The van der Waals surface area contributed by atoms with Gasteiger partial charge < -0.3 is 5.32 Å². The van der Waals surface area contributed by atoms with Gasteiger partial charge in [0.2, 0.25) is 5.91 Å². The van der Waals surface area contributed by atoms with Crippen molar-refractivity contribution in [1.29, 1.82) is 0 Å². The molecule has 1 aromatic heterocycles. The van der Waals surface area contributed by atoms with Crippen molar-refractivity contribution in [1.82, 2.24) is 10.3 Å². The molecule has 2 aromatic rings. The molecule has 0 fully saturated rings. The topological polar surface area (TPSA) is 42.0 Å². The molecule has 4 heteroatoms. The van der Waals surface area contributed by atoms with Crippen LogP contribution >= 0.6 is 11.8 Å². The Hall–Kier alpha value is -1.55. The third kappa shape index (κ3) is 3.73. The minimum absolute atomic E-state index is 0.0513. The highest BCUT2D eigenvalue weighted by atomic mass is 32.2. The van der Waals surface area contributed by atoms with Gasteiger partial charge in [0.15, 0.2) is 0 Å². The molecule has 0 saturated carbocycles. The van der Waals surface area contributed by atoms with Crippen LogP contribution in [0.25, 0.3) is 10.9 Å². The minimum atomic E-state index is -0.205. The van der Waals surface area contributed by atoms with Crippen LogP contribution in [0.15, 0.2) is 41.4 Å². The van der Waals surface area contributed by atoms with Crippen LogP contribution in [0.4, 0.5) is 0 Å². The molecule has 0 bridgehead atoms. The molecule has 1 aromatic carbocycles. The Morgan fingerprint density at radius 1 is 1.25 bits per heavy atom. The molecular formula is C16H20N2OS. The Morgan fingerprint density at radius 2 is 1.95 bits per heavy atom. The van der Waals surface area contributed by atoms with Gasteiger partial charge in [-0.1, -0.05) is 18.2 Å². The monoisotopic (exact) mass is 288 g/mol. The second-order valence-corrected chi connectivity index (χ2v) is 7.21. The average Bonchev–Trinajstić information content (AvgIpc) is 2.37. The third-order valence-corrected chi connectivity index (χ3v) is 3.92. The van der Waals surface area contributed by atoms with Crippen LogP contribution in [0.3, 0.4) is 0 Å². The number of hydrogen-bond acceptors (Lipinski definition) is 3. The van der Waals surface area contributed by atoms with E-state index < -0.39 is 0 Å². The first kappa shape index (κ1) is 14.9. The number of carbonyl (C=O) groups is 1. The van der Waals surface area contributed by atoms with Crippen LogP contribution in [-0.2, 0) is 4.79 Å². The molecule has 0 aliphatic heterocycles. The van der Waals surface area contributed by atoms with Crippen LogP contribution in [0, 0.1) is 0 Å². The Labute approximate surface area is 124 Å². The van der Waals surface area contributed by atoms with Gasteiger partial charge in [-0.3, -0.25) is 9.78 Å². The number of para-hydroxylation sites is 1. The van der Waals surface area contributed by atoms with E-state index in [1.165, 1.54) is 0 Å². The highest BCUT2D eigenvalue weighted by Gasteiger charge is 2.20. The number of aromatic nitrogens is 1. The summed E-state index contributed by atoms with van der Waals surface area (Å²) in [6.45, 7) is 7.89. The van der Waals surface area contributed by atoms with Crippen LogP contribution < -0.4 is 5.32 Å². The summed E-state index contributed by atoms with van der Waals surface area (Å²) in [7, 11) is 0. The average molecular weight is 288 g/mol. The fraction of sp³-hybridized carbons (Fsp3) is 0.375. The lowest BCUT2D eigenvalue weighted by Gasteiger charge is -2.23. The zero-order chi connectivity index (χ0) is 14.8. The molecule has 0 aliphatic carbocycles. The van der Waals surface area contributed by atoms with E-state index in [1.807, 2.05) is 58.0 Å². The molecular weight excluding hydrogens is 268 g/mol. The summed E-state index contributed by atoms with van der Waals surface area (Å²) in [5.41, 5.74) is 0.749. The van der Waals surface area contributed by atoms with Gasteiger partial charge in [-0.15, -0.1) is 11.8 Å². The zero-order valence-electron chi connectivity index (χ0n) is 12.3. The molecule has 0 spiro atoms. The van der Waals surface area contributed by atoms with Gasteiger partial charge >= 0.3 is 0 Å². The molecule has 1 N–H and O–H groups in total. The van der Waals surface area contributed by atoms with Crippen LogP contribution in [-0.4, -0.2) is 21.7 Å². The Bertz CT molecular complexity index is 614. The summed E-state index contributed by atoms with van der Waals surface area (Å²) in [4.78, 5) is 17.6. The van der Waals surface area contributed by atoms with Gasteiger partial charge in [-0.2, -0.15) is 0 Å². The molecule has 1 heterocycles. The lowest BCUT2D eigenvalue weighted by Crippen LogP contribution is -2.44. The van der Waals surface area contributed by atoms with Crippen LogP contribution in [0.5, 0.6) is 0 Å². The van der Waals surface area contributed by atoms with E-state index in [0.29, 0.717) is 0 Å². The van der Waals surface area contributed by atoms with Crippen molar-refractivity contribution in [2.45, 2.75) is 43.4 Å². The molecule has 0 radical (unpaired) electrons. The number of benzene rings is 1. The normalized spacial score (nSPS) is 13.2. The van der Waals surface area contributed by atoms with E-state index in [9.17, 15) is 4.79 Å². The Kier molecular flexibility index (Phi) is 4.33. The zero-order valence-corrected chi connectivity index (χ0v) is 13.1. The maximum atomic E-state index is 12.1. The molecule has 0 aliphatic rings. The highest BCUT2D eigenvalue weighted by Crippen LogP contribution is 2.29. The van der Waals surface area contributed by atoms with Gasteiger partial charge in [0.1, 0.15) is 0 Å². The van der Waals surface area contributed by atoms with Crippen molar-refractivity contribution in [3.63, 3.8) is 0 Å². The first-order valence-corrected chi connectivity index (χ1v) is 7.57. The molecule has 20 heavy (non-hydrogen) atoms. The SMILES string of the molecule is C[C@H](Sc1cccc2cccnc12)C(=O)NC(C)(C)C. The van der Waals surface area contributed by atoms with E-state index in [4.69, 9.17) is 0 Å². The van der Waals surface area contributed by atoms with E-state index in [1.54, 1.807) is 18.0 Å². The summed E-state index contributed by atoms with van der Waals surface area (Å²) >= 11 is 1.55. The second kappa shape index (κ2) is 5.83. The van der Waals surface area contributed by atoms with Gasteiger partial charge in [0.05, 0.1) is 10.8 Å². The lowest BCUT2D eigenvalue weighted by atomic mass is 10.1. The number of rotatable bonds is 3. The smallest absolute Gasteiger partial charge is 0.233 e. The van der Waals surface area contributed by atoms with Crippen molar-refractivity contribution in [2.24, 2.45) is 0 Å². The molecule has 3 nitrogen and oxygen atoms in total. The summed E-state index contributed by atoms with van der Waals surface area (Å²) in [5.74, 6) is 0.0513. The fourth-order valence-corrected chi connectivity index (χ4v) is 2.87. The van der Waals surface area contributed by atoms with Gasteiger partial charge in [0, 0.05) is 22.0 Å². The number of thioether (sulfide) groups is 1. The number of fused-ring (bicyclic) bond motifs is 1. The summed E-state index contributed by atoms with van der Waals surface area (Å²) in [6.07, 6.45) is 1.78. The van der Waals surface area contributed by atoms with Gasteiger partial charge in [-0.25, -0.2) is 0 Å². The summed E-state index contributed by atoms with van der Waals surface area (Å²) < 4.78 is 0. The number of carbonyl (C=O) groups excluding carboxylic acids is 1. The summed E-state index contributed by atoms with van der Waals surface area (Å²) in [5, 5.41) is 3.95. The van der Waals surface area contributed by atoms with E-state index in [2.05, 4.69) is 10.3 Å². The molecule has 0 saturated heterocycles. The highest BCUT2D eigenvalue weighted by molar-refractivity contribution is 8.00. The minimum Gasteiger partial charge on any atom is -0.351 e. The number of nitrogens with one attached hydrogen (secondary N) is 1. The largest absolute Gasteiger partial charge is 0.351 e. The number of pyridine rings is 1. The van der Waals surface area contributed by atoms with Crippen molar-refractivity contribution in [2.75, 3.05) is 0 Å². The van der Waals surface area contributed by atoms with E-state index in [0.717, 1.165) is 15.8 Å². The maximum Gasteiger partial charge on any atom is 0.233 e. The second-order valence-electron chi connectivity index (χ2n) is 5.83. The van der Waals surface area contributed by atoms with Crippen molar-refractivity contribution in [3.05, 3.63) is 36.5 Å². The molecule has 0 unspecified atom stereocenters. The molecule has 1 atom stereocenters. The first-order chi connectivity index (χ1) is 9.37. The summed E-state index contributed by atoms with van der Waals surface area (Å²) in [6, 6.07) is 10.0. The van der Waals surface area contributed by atoms with Gasteiger partial charge in [0.25, 0.3) is 0 Å². The quantitative estimate of drug-likeness (QED) is 0.877. The van der Waals surface area contributed by atoms with Crippen molar-refractivity contribution >= 4 is 28.6 Å².